The Bertz CT molecular complexity index is 2920. The van der Waals surface area contributed by atoms with E-state index in [9.17, 15) is 30.6 Å². The lowest BCUT2D eigenvalue weighted by Gasteiger charge is -2.31. The van der Waals surface area contributed by atoms with Crippen LogP contribution in [0.2, 0.25) is 0 Å². The first kappa shape index (κ1) is 59.4. The van der Waals surface area contributed by atoms with Crippen molar-refractivity contribution in [3.05, 3.63) is 174 Å². The van der Waals surface area contributed by atoms with Crippen molar-refractivity contribution in [1.29, 1.82) is 0 Å². The molecule has 4 atom stereocenters. The molecule has 0 bridgehead atoms. The fraction of sp³-hybridized carbons (Fsp3) is 0.486. The minimum absolute atomic E-state index is 0.0989. The minimum atomic E-state index is -0.507. The van der Waals surface area contributed by atoms with E-state index in [4.69, 9.17) is 0 Å². The van der Waals surface area contributed by atoms with Crippen molar-refractivity contribution in [2.75, 3.05) is 0 Å². The average molecular weight is 1030 g/mol. The number of aromatic hydroxyl groups is 6. The van der Waals surface area contributed by atoms with Crippen LogP contribution in [0.15, 0.2) is 84.9 Å². The van der Waals surface area contributed by atoms with Gasteiger partial charge in [0.15, 0.2) is 0 Å². The van der Waals surface area contributed by atoms with E-state index in [0.717, 1.165) is 44.5 Å². The quantitative estimate of drug-likeness (QED) is 0.0813. The Morgan fingerprint density at radius 1 is 0.224 bits per heavy atom. The van der Waals surface area contributed by atoms with E-state index in [-0.39, 0.29) is 78.8 Å². The van der Waals surface area contributed by atoms with Crippen LogP contribution in [-0.2, 0) is 32.5 Å². The van der Waals surface area contributed by atoms with E-state index in [1.165, 1.54) is 0 Å². The van der Waals surface area contributed by atoms with Crippen LogP contribution in [0.5, 0.6) is 34.5 Å². The van der Waals surface area contributed by atoms with Crippen LogP contribution < -0.4 is 0 Å². The maximum absolute atomic E-state index is 12.9. The SMILES string of the molecule is CC(c1cc(C(C)(C)C)ccc1O)c1cc(C(C)(C)C)cc(C(C)c2cc(C(C)(C)C)cc(C(C)c3cc(C(C)(C)C)cc(C(C)c4cc(C(C)(C)C)cc(C(C)c5cc(C(C)(C)C)ccc5O)c4O)c3O)c2O)c1O. The number of benzene rings is 6. The summed E-state index contributed by atoms with van der Waals surface area (Å²) in [4.78, 5) is 0. The minimum Gasteiger partial charge on any atom is -0.508 e. The standard InChI is InChI=1S/C70H94O6/c1-38(49-28-43(65(6,7)8)24-26-59(49)71)51-30-45(67(12,13)14)32-53(61(51)73)40(3)55-34-47(69(18,19)20)36-57(63(55)75)42(5)58-37-48(70(21,22)23)35-56(64(58)76)41(4)54-33-46(68(15,16)17)31-52(62(54)74)39(2)50-29-44(66(9,10)11)25-27-60(50)72/h24-42,71-76H,1-23H3. The molecule has 6 heteroatoms. The second kappa shape index (κ2) is 20.5. The van der Waals surface area contributed by atoms with E-state index in [0.29, 0.717) is 44.5 Å². The van der Waals surface area contributed by atoms with Crippen LogP contribution in [0.25, 0.3) is 0 Å². The molecule has 0 fully saturated rings. The molecule has 6 rings (SSSR count). The third-order valence-corrected chi connectivity index (χ3v) is 16.6. The number of phenolic OH excluding ortho intramolecular Hbond substituents is 6. The zero-order chi connectivity index (χ0) is 57.5. The molecule has 0 saturated heterocycles. The zero-order valence-corrected chi connectivity index (χ0v) is 50.7. The number of phenols is 6. The van der Waals surface area contributed by atoms with E-state index in [1.807, 2.05) is 46.8 Å². The van der Waals surface area contributed by atoms with Crippen molar-refractivity contribution in [2.24, 2.45) is 0 Å². The molecule has 0 aliphatic heterocycles. The summed E-state index contributed by atoms with van der Waals surface area (Å²) in [5.74, 6) is -1.37. The van der Waals surface area contributed by atoms with Crippen LogP contribution in [0.3, 0.4) is 0 Å². The van der Waals surface area contributed by atoms with E-state index < -0.39 is 17.8 Å². The Morgan fingerprint density at radius 2 is 0.368 bits per heavy atom. The predicted octanol–water partition coefficient (Wildman–Crippen LogP) is 18.5. The lowest BCUT2D eigenvalue weighted by atomic mass is 9.75. The largest absolute Gasteiger partial charge is 0.508 e. The second-order valence-corrected chi connectivity index (χ2v) is 28.7. The van der Waals surface area contributed by atoms with Crippen molar-refractivity contribution >= 4 is 0 Å². The molecule has 410 valence electrons. The van der Waals surface area contributed by atoms with Crippen molar-refractivity contribution < 1.29 is 30.6 Å². The smallest absolute Gasteiger partial charge is 0.123 e. The van der Waals surface area contributed by atoms with Gasteiger partial charge in [0, 0.05) is 85.2 Å². The van der Waals surface area contributed by atoms with Gasteiger partial charge in [-0.25, -0.2) is 0 Å². The molecule has 0 spiro atoms. The molecular weight excluding hydrogens is 937 g/mol. The highest BCUT2D eigenvalue weighted by molar-refractivity contribution is 5.63. The molecule has 0 amide bonds. The first-order valence-electron chi connectivity index (χ1n) is 27.7. The molecular formula is C70H94O6. The molecule has 4 unspecified atom stereocenters. The van der Waals surface area contributed by atoms with Gasteiger partial charge in [-0.2, -0.15) is 0 Å². The van der Waals surface area contributed by atoms with Gasteiger partial charge in [-0.1, -0.05) is 232 Å². The number of hydrogen-bond acceptors (Lipinski definition) is 6. The summed E-state index contributed by atoms with van der Waals surface area (Å²) in [6.07, 6.45) is 0. The van der Waals surface area contributed by atoms with Gasteiger partial charge in [-0.3, -0.25) is 0 Å². The Labute approximate surface area is 458 Å². The normalized spacial score (nSPS) is 15.1. The molecule has 0 heterocycles. The number of rotatable bonds is 10. The van der Waals surface area contributed by atoms with Crippen LogP contribution in [-0.4, -0.2) is 30.6 Å². The fourth-order valence-corrected chi connectivity index (χ4v) is 10.7. The average Bonchev–Trinajstić information content (AvgIpc) is 3.28. The van der Waals surface area contributed by atoms with Gasteiger partial charge in [-0.15, -0.1) is 0 Å². The first-order valence-corrected chi connectivity index (χ1v) is 27.7. The molecule has 0 aliphatic carbocycles. The van der Waals surface area contributed by atoms with Crippen LogP contribution in [0.4, 0.5) is 0 Å². The molecule has 0 aromatic heterocycles. The van der Waals surface area contributed by atoms with E-state index in [1.54, 1.807) is 12.1 Å². The highest BCUT2D eigenvalue weighted by atomic mass is 16.3. The first-order chi connectivity index (χ1) is 34.5. The van der Waals surface area contributed by atoms with Crippen LogP contribution in [0.1, 0.15) is 278 Å². The van der Waals surface area contributed by atoms with Crippen LogP contribution in [0, 0.1) is 0 Å². The van der Waals surface area contributed by atoms with Gasteiger partial charge in [-0.05, 0) is 78.0 Å². The number of hydrogen-bond donors (Lipinski definition) is 6. The second-order valence-electron chi connectivity index (χ2n) is 28.7. The van der Waals surface area contributed by atoms with Gasteiger partial charge in [0.25, 0.3) is 0 Å². The molecule has 0 radical (unpaired) electrons. The molecule has 6 aromatic rings. The van der Waals surface area contributed by atoms with Crippen LogP contribution >= 0.6 is 0 Å². The highest BCUT2D eigenvalue weighted by Gasteiger charge is 2.34. The summed E-state index contributed by atoms with van der Waals surface area (Å²) in [7, 11) is 0. The Hall–Kier alpha value is -5.88. The van der Waals surface area contributed by atoms with E-state index >= 15 is 0 Å². The molecule has 6 N–H and O–H groups in total. The van der Waals surface area contributed by atoms with Gasteiger partial charge in [0.05, 0.1) is 0 Å². The summed E-state index contributed by atoms with van der Waals surface area (Å²) >= 11 is 0. The van der Waals surface area contributed by atoms with Crippen molar-refractivity contribution in [1.82, 2.24) is 0 Å². The maximum atomic E-state index is 12.9. The molecule has 6 aromatic carbocycles. The van der Waals surface area contributed by atoms with Gasteiger partial charge >= 0.3 is 0 Å². The summed E-state index contributed by atoms with van der Waals surface area (Å²) in [6, 6.07) is 28.1. The highest BCUT2D eigenvalue weighted by Crippen LogP contribution is 2.51. The van der Waals surface area contributed by atoms with Crippen molar-refractivity contribution in [3.63, 3.8) is 0 Å². The molecule has 76 heavy (non-hydrogen) atoms. The van der Waals surface area contributed by atoms with Crippen molar-refractivity contribution in [2.45, 2.75) is 221 Å². The third-order valence-electron chi connectivity index (χ3n) is 16.6. The fourth-order valence-electron chi connectivity index (χ4n) is 10.7. The van der Waals surface area contributed by atoms with Gasteiger partial charge < -0.3 is 30.6 Å². The summed E-state index contributed by atoms with van der Waals surface area (Å²) in [5, 5.41) is 73.6. The summed E-state index contributed by atoms with van der Waals surface area (Å²) in [5.41, 5.74) is 11.5. The zero-order valence-electron chi connectivity index (χ0n) is 50.7. The predicted molar refractivity (Wildman–Crippen MR) is 318 cm³/mol. The lowest BCUT2D eigenvalue weighted by molar-refractivity contribution is 0.439. The maximum Gasteiger partial charge on any atom is 0.123 e. The van der Waals surface area contributed by atoms with Gasteiger partial charge in [0.1, 0.15) is 34.5 Å². The monoisotopic (exact) mass is 1030 g/mol. The summed E-state index contributed by atoms with van der Waals surface area (Å²) < 4.78 is 0. The summed E-state index contributed by atoms with van der Waals surface area (Å²) in [6.45, 7) is 49.0. The van der Waals surface area contributed by atoms with Crippen molar-refractivity contribution in [3.8, 4) is 34.5 Å². The Morgan fingerprint density at radius 3 is 0.526 bits per heavy atom. The Balaban J connectivity index is 1.56. The molecule has 6 nitrogen and oxygen atoms in total. The molecule has 0 aliphatic rings. The Kier molecular flexibility index (Phi) is 16.0. The van der Waals surface area contributed by atoms with E-state index in [2.05, 4.69) is 185 Å². The lowest BCUT2D eigenvalue weighted by Crippen LogP contribution is -2.17. The topological polar surface area (TPSA) is 121 Å². The molecule has 0 saturated carbocycles. The third kappa shape index (κ3) is 12.0. The van der Waals surface area contributed by atoms with Gasteiger partial charge in [0.2, 0.25) is 0 Å².